The molecule has 0 bridgehead atoms. The van der Waals surface area contributed by atoms with E-state index in [4.69, 9.17) is 10.1 Å². The van der Waals surface area contributed by atoms with Crippen molar-refractivity contribution in [2.75, 3.05) is 31.7 Å². The first-order chi connectivity index (χ1) is 5.75. The van der Waals surface area contributed by atoms with E-state index in [2.05, 4.69) is 11.9 Å². The molecule has 1 heterocycles. The third-order valence-corrected chi connectivity index (χ3v) is 3.02. The fourth-order valence-electron chi connectivity index (χ4n) is 1.21. The van der Waals surface area contributed by atoms with Crippen LogP contribution in [0.15, 0.2) is 0 Å². The summed E-state index contributed by atoms with van der Waals surface area (Å²) in [4.78, 5) is 2.19. The lowest BCUT2D eigenvalue weighted by atomic mass is 10.3. The Hall–Kier alpha value is -0.220. The quantitative estimate of drug-likeness (QED) is 0.520. The van der Waals surface area contributed by atoms with E-state index in [1.54, 1.807) is 0 Å². The van der Waals surface area contributed by atoms with Gasteiger partial charge in [0, 0.05) is 18.1 Å². The maximum absolute atomic E-state index is 7.64. The summed E-state index contributed by atoms with van der Waals surface area (Å²) in [5.74, 6) is 2.59. The number of likely N-dealkylation sites (N-methyl/N-ethyl adjacent to an activating group) is 1. The van der Waals surface area contributed by atoms with Gasteiger partial charge in [0.2, 0.25) is 0 Å². The Bertz CT molecular complexity index is 163. The Morgan fingerprint density at radius 3 is 3.08 bits per heavy atom. The summed E-state index contributed by atoms with van der Waals surface area (Å²) in [5.41, 5.74) is 0. The van der Waals surface area contributed by atoms with Gasteiger partial charge in [-0.05, 0) is 14.0 Å². The topological polar surface area (TPSA) is 36.3 Å². The van der Waals surface area contributed by atoms with Crippen LogP contribution in [-0.4, -0.2) is 48.5 Å². The number of nitrogens with one attached hydrogen (secondary N) is 1. The summed E-state index contributed by atoms with van der Waals surface area (Å²) in [7, 11) is 2.05. The Labute approximate surface area is 78.0 Å². The van der Waals surface area contributed by atoms with Gasteiger partial charge < -0.3 is 4.74 Å². The fraction of sp³-hybridized carbons (Fsp3) is 0.875. The largest absolute Gasteiger partial charge is 0.480 e. The highest BCUT2D eigenvalue weighted by Crippen LogP contribution is 2.15. The third kappa shape index (κ3) is 2.38. The molecule has 1 rings (SSSR count). The summed E-state index contributed by atoms with van der Waals surface area (Å²) in [6.45, 7) is 3.59. The lowest BCUT2D eigenvalue weighted by molar-refractivity contribution is 0.248. The van der Waals surface area contributed by atoms with Crippen LogP contribution in [0.1, 0.15) is 6.92 Å². The molecule has 1 aliphatic heterocycles. The van der Waals surface area contributed by atoms with E-state index in [-0.39, 0.29) is 6.04 Å². The molecule has 0 amide bonds. The Kier molecular flexibility index (Phi) is 3.88. The van der Waals surface area contributed by atoms with Gasteiger partial charge in [0.25, 0.3) is 0 Å². The molecule has 0 aromatic carbocycles. The molecular formula is C8H16N2OS. The minimum absolute atomic E-state index is 0.198. The molecule has 0 saturated carbocycles. The Morgan fingerprint density at radius 1 is 1.75 bits per heavy atom. The molecule has 1 saturated heterocycles. The highest BCUT2D eigenvalue weighted by Gasteiger charge is 2.24. The number of ether oxygens (including phenoxy) is 1. The molecule has 1 atom stereocenters. The van der Waals surface area contributed by atoms with Gasteiger partial charge in [-0.2, -0.15) is 11.8 Å². The summed E-state index contributed by atoms with van der Waals surface area (Å²) in [6, 6.07) is 0.198. The normalized spacial score (nSPS) is 25.3. The molecule has 70 valence electrons. The molecule has 0 aromatic heterocycles. The second kappa shape index (κ2) is 4.72. The zero-order valence-corrected chi connectivity index (χ0v) is 8.49. The van der Waals surface area contributed by atoms with E-state index in [1.165, 1.54) is 5.75 Å². The highest BCUT2D eigenvalue weighted by atomic mass is 32.2. The van der Waals surface area contributed by atoms with E-state index >= 15 is 0 Å². The average molecular weight is 188 g/mol. The van der Waals surface area contributed by atoms with Crippen LogP contribution >= 0.6 is 11.8 Å². The van der Waals surface area contributed by atoms with E-state index in [0.29, 0.717) is 12.5 Å². The number of hydrogen-bond acceptors (Lipinski definition) is 4. The van der Waals surface area contributed by atoms with Crippen LogP contribution in [0, 0.1) is 5.41 Å². The van der Waals surface area contributed by atoms with Crippen LogP contribution in [0.2, 0.25) is 0 Å². The second-order valence-corrected chi connectivity index (χ2v) is 4.02. The van der Waals surface area contributed by atoms with E-state index < -0.39 is 0 Å². The van der Waals surface area contributed by atoms with E-state index in [1.807, 2.05) is 18.7 Å². The summed E-state index contributed by atoms with van der Waals surface area (Å²) >= 11 is 1.90. The molecule has 0 radical (unpaired) electrons. The van der Waals surface area contributed by atoms with Crippen molar-refractivity contribution < 1.29 is 4.74 Å². The van der Waals surface area contributed by atoms with E-state index in [0.717, 1.165) is 12.3 Å². The molecule has 0 aromatic rings. The maximum Gasteiger partial charge on any atom is 0.199 e. The first kappa shape index (κ1) is 9.86. The van der Waals surface area contributed by atoms with Gasteiger partial charge in [-0.15, -0.1) is 0 Å². The van der Waals surface area contributed by atoms with Crippen molar-refractivity contribution in [3.05, 3.63) is 0 Å². The van der Waals surface area contributed by atoms with Crippen LogP contribution in [0.25, 0.3) is 0 Å². The molecule has 1 fully saturated rings. The maximum atomic E-state index is 7.64. The third-order valence-electron chi connectivity index (χ3n) is 2.00. The van der Waals surface area contributed by atoms with Crippen molar-refractivity contribution in [1.82, 2.24) is 4.90 Å². The SMILES string of the molecule is CCOC(=N)C1CSCCN1C. The molecular weight excluding hydrogens is 172 g/mol. The van der Waals surface area contributed by atoms with Crippen molar-refractivity contribution >= 4 is 17.7 Å². The standard InChI is InChI=1S/C8H16N2OS/c1-3-11-8(9)7-6-12-5-4-10(7)2/h7,9H,3-6H2,1-2H3. The van der Waals surface area contributed by atoms with E-state index in [9.17, 15) is 0 Å². The van der Waals surface area contributed by atoms with Crippen molar-refractivity contribution in [1.29, 1.82) is 5.41 Å². The van der Waals surface area contributed by atoms with Gasteiger partial charge in [0.1, 0.15) is 0 Å². The average Bonchev–Trinajstić information content (AvgIpc) is 2.05. The summed E-state index contributed by atoms with van der Waals surface area (Å²) in [6.07, 6.45) is 0. The zero-order valence-electron chi connectivity index (χ0n) is 7.67. The molecule has 0 spiro atoms. The minimum atomic E-state index is 0.198. The van der Waals surface area contributed by atoms with Crippen LogP contribution in [0.5, 0.6) is 0 Å². The van der Waals surface area contributed by atoms with Gasteiger partial charge in [-0.25, -0.2) is 0 Å². The van der Waals surface area contributed by atoms with Crippen LogP contribution in [0.3, 0.4) is 0 Å². The van der Waals surface area contributed by atoms with Crippen LogP contribution in [-0.2, 0) is 4.74 Å². The number of hydrogen-bond donors (Lipinski definition) is 1. The van der Waals surface area contributed by atoms with Crippen molar-refractivity contribution in [2.24, 2.45) is 0 Å². The monoisotopic (exact) mass is 188 g/mol. The second-order valence-electron chi connectivity index (χ2n) is 2.87. The smallest absolute Gasteiger partial charge is 0.199 e. The van der Waals surface area contributed by atoms with Gasteiger partial charge in [0.15, 0.2) is 5.90 Å². The highest BCUT2D eigenvalue weighted by molar-refractivity contribution is 7.99. The van der Waals surface area contributed by atoms with Crippen LogP contribution < -0.4 is 0 Å². The van der Waals surface area contributed by atoms with Gasteiger partial charge in [-0.3, -0.25) is 10.3 Å². The lowest BCUT2D eigenvalue weighted by Gasteiger charge is -2.31. The van der Waals surface area contributed by atoms with Crippen LogP contribution in [0.4, 0.5) is 0 Å². The molecule has 3 nitrogen and oxygen atoms in total. The Balaban J connectivity index is 2.42. The van der Waals surface area contributed by atoms with Crippen molar-refractivity contribution in [3.8, 4) is 0 Å². The number of nitrogens with zero attached hydrogens (tertiary/aromatic N) is 1. The molecule has 12 heavy (non-hydrogen) atoms. The molecule has 0 aliphatic carbocycles. The Morgan fingerprint density at radius 2 is 2.50 bits per heavy atom. The van der Waals surface area contributed by atoms with Crippen molar-refractivity contribution in [3.63, 3.8) is 0 Å². The molecule has 4 heteroatoms. The van der Waals surface area contributed by atoms with Gasteiger partial charge >= 0.3 is 0 Å². The summed E-state index contributed by atoms with van der Waals surface area (Å²) in [5, 5.41) is 7.64. The predicted molar refractivity (Wildman–Crippen MR) is 53.1 cm³/mol. The lowest BCUT2D eigenvalue weighted by Crippen LogP contribution is -2.45. The predicted octanol–water partition coefficient (Wildman–Crippen LogP) is 1.05. The number of rotatable bonds is 2. The minimum Gasteiger partial charge on any atom is -0.480 e. The zero-order chi connectivity index (χ0) is 8.97. The summed E-state index contributed by atoms with van der Waals surface area (Å²) < 4.78 is 5.18. The molecule has 1 N–H and O–H groups in total. The number of thioether (sulfide) groups is 1. The fourth-order valence-corrected chi connectivity index (χ4v) is 2.43. The molecule has 1 aliphatic rings. The van der Waals surface area contributed by atoms with Gasteiger partial charge in [-0.1, -0.05) is 0 Å². The van der Waals surface area contributed by atoms with Gasteiger partial charge in [0.05, 0.1) is 12.6 Å². The molecule has 1 unspecified atom stereocenters. The first-order valence-corrected chi connectivity index (χ1v) is 5.40. The van der Waals surface area contributed by atoms with Crippen molar-refractivity contribution in [2.45, 2.75) is 13.0 Å². The first-order valence-electron chi connectivity index (χ1n) is 4.25.